The molecule has 1 atom stereocenters. The zero-order valence-corrected chi connectivity index (χ0v) is 11.9. The average Bonchev–Trinajstić information content (AvgIpc) is 2.45. The molecule has 1 unspecified atom stereocenters. The van der Waals surface area contributed by atoms with E-state index in [2.05, 4.69) is 30.4 Å². The van der Waals surface area contributed by atoms with Gasteiger partial charge in [0.2, 0.25) is 0 Å². The Hall–Kier alpha value is -1.51. The van der Waals surface area contributed by atoms with Gasteiger partial charge >= 0.3 is 0 Å². The van der Waals surface area contributed by atoms with Crippen molar-refractivity contribution in [3.8, 4) is 5.75 Å². The number of halogens is 1. The van der Waals surface area contributed by atoms with Crippen LogP contribution in [0.15, 0.2) is 48.5 Å². The Balaban J connectivity index is 1.95. The molecule has 0 saturated heterocycles. The molecule has 0 amide bonds. The van der Waals surface area contributed by atoms with Gasteiger partial charge in [0.05, 0.1) is 7.11 Å². The smallest absolute Gasteiger partial charge is 0.118 e. The molecule has 2 aromatic rings. The molecule has 0 aliphatic carbocycles. The molecule has 19 heavy (non-hydrogen) atoms. The van der Waals surface area contributed by atoms with E-state index in [1.807, 2.05) is 30.3 Å². The van der Waals surface area contributed by atoms with Crippen molar-refractivity contribution in [1.82, 2.24) is 5.32 Å². The molecule has 0 aliphatic rings. The Bertz CT molecular complexity index is 525. The summed E-state index contributed by atoms with van der Waals surface area (Å²) < 4.78 is 5.16. The molecule has 2 nitrogen and oxygen atoms in total. The highest BCUT2D eigenvalue weighted by Gasteiger charge is 2.05. The van der Waals surface area contributed by atoms with Crippen molar-refractivity contribution in [2.24, 2.45) is 0 Å². The Morgan fingerprint density at radius 1 is 1.16 bits per heavy atom. The molecule has 0 radical (unpaired) electrons. The molecule has 2 aromatic carbocycles. The standard InChI is InChI=1S/C16H18ClNO/c1-12(14-6-8-16(19-2)9-7-14)18-11-13-4-3-5-15(17)10-13/h3-10,12,18H,11H2,1-2H3. The predicted molar refractivity (Wildman–Crippen MR) is 79.7 cm³/mol. The minimum absolute atomic E-state index is 0.282. The van der Waals surface area contributed by atoms with Gasteiger partial charge in [0.15, 0.2) is 0 Å². The molecule has 0 saturated carbocycles. The molecular weight excluding hydrogens is 258 g/mol. The summed E-state index contributed by atoms with van der Waals surface area (Å²) in [5.74, 6) is 0.880. The van der Waals surface area contributed by atoms with Crippen molar-refractivity contribution >= 4 is 11.6 Å². The first kappa shape index (κ1) is 13.9. The average molecular weight is 276 g/mol. The van der Waals surface area contributed by atoms with E-state index < -0.39 is 0 Å². The van der Waals surface area contributed by atoms with Crippen LogP contribution in [-0.2, 0) is 6.54 Å². The Labute approximate surface area is 119 Å². The van der Waals surface area contributed by atoms with Crippen LogP contribution in [0.4, 0.5) is 0 Å². The Kier molecular flexibility index (Phi) is 4.83. The zero-order chi connectivity index (χ0) is 13.7. The van der Waals surface area contributed by atoms with Crippen LogP contribution in [0.1, 0.15) is 24.1 Å². The number of nitrogens with one attached hydrogen (secondary N) is 1. The number of rotatable bonds is 5. The molecule has 0 heterocycles. The SMILES string of the molecule is COc1ccc(C(C)NCc2cccc(Cl)c2)cc1. The van der Waals surface area contributed by atoms with Crippen LogP contribution in [0, 0.1) is 0 Å². The number of hydrogen-bond donors (Lipinski definition) is 1. The van der Waals surface area contributed by atoms with E-state index in [0.29, 0.717) is 0 Å². The third-order valence-corrected chi connectivity index (χ3v) is 3.35. The van der Waals surface area contributed by atoms with E-state index in [4.69, 9.17) is 16.3 Å². The minimum atomic E-state index is 0.282. The van der Waals surface area contributed by atoms with Gasteiger partial charge in [0, 0.05) is 17.6 Å². The van der Waals surface area contributed by atoms with Gasteiger partial charge in [0.25, 0.3) is 0 Å². The van der Waals surface area contributed by atoms with Gasteiger partial charge in [-0.15, -0.1) is 0 Å². The lowest BCUT2D eigenvalue weighted by Gasteiger charge is -2.15. The highest BCUT2D eigenvalue weighted by molar-refractivity contribution is 6.30. The van der Waals surface area contributed by atoms with Gasteiger partial charge in [-0.25, -0.2) is 0 Å². The second kappa shape index (κ2) is 6.60. The van der Waals surface area contributed by atoms with E-state index in [-0.39, 0.29) is 6.04 Å². The molecular formula is C16H18ClNO. The van der Waals surface area contributed by atoms with Crippen molar-refractivity contribution in [3.63, 3.8) is 0 Å². The monoisotopic (exact) mass is 275 g/mol. The van der Waals surface area contributed by atoms with Crippen molar-refractivity contribution in [2.45, 2.75) is 19.5 Å². The summed E-state index contributed by atoms with van der Waals surface area (Å²) in [4.78, 5) is 0. The number of benzene rings is 2. The van der Waals surface area contributed by atoms with Crippen LogP contribution >= 0.6 is 11.6 Å². The van der Waals surface area contributed by atoms with Gasteiger partial charge in [-0.1, -0.05) is 35.9 Å². The summed E-state index contributed by atoms with van der Waals surface area (Å²) >= 11 is 5.97. The lowest BCUT2D eigenvalue weighted by atomic mass is 10.1. The second-order valence-electron chi connectivity index (χ2n) is 4.51. The topological polar surface area (TPSA) is 21.3 Å². The molecule has 2 rings (SSSR count). The van der Waals surface area contributed by atoms with Crippen molar-refractivity contribution < 1.29 is 4.74 Å². The van der Waals surface area contributed by atoms with Gasteiger partial charge in [-0.2, -0.15) is 0 Å². The maximum Gasteiger partial charge on any atom is 0.118 e. The fourth-order valence-electron chi connectivity index (χ4n) is 1.93. The molecule has 0 aromatic heterocycles. The van der Waals surface area contributed by atoms with E-state index >= 15 is 0 Å². The molecule has 0 aliphatic heterocycles. The molecule has 3 heteroatoms. The lowest BCUT2D eigenvalue weighted by molar-refractivity contribution is 0.414. The van der Waals surface area contributed by atoms with E-state index in [1.54, 1.807) is 7.11 Å². The van der Waals surface area contributed by atoms with Gasteiger partial charge in [-0.3, -0.25) is 0 Å². The summed E-state index contributed by atoms with van der Waals surface area (Å²) in [5.41, 5.74) is 2.43. The molecule has 0 spiro atoms. The van der Waals surface area contributed by atoms with E-state index in [9.17, 15) is 0 Å². The molecule has 0 fully saturated rings. The Morgan fingerprint density at radius 2 is 1.89 bits per heavy atom. The molecule has 100 valence electrons. The summed E-state index contributed by atoms with van der Waals surface area (Å²) in [5, 5.41) is 4.25. The van der Waals surface area contributed by atoms with Crippen molar-refractivity contribution in [3.05, 3.63) is 64.7 Å². The third-order valence-electron chi connectivity index (χ3n) is 3.12. The quantitative estimate of drug-likeness (QED) is 0.883. The van der Waals surface area contributed by atoms with Crippen LogP contribution in [0.3, 0.4) is 0 Å². The first-order chi connectivity index (χ1) is 9.19. The van der Waals surface area contributed by atoms with E-state index in [1.165, 1.54) is 11.1 Å². The largest absolute Gasteiger partial charge is 0.497 e. The van der Waals surface area contributed by atoms with Crippen molar-refractivity contribution in [1.29, 1.82) is 0 Å². The number of methoxy groups -OCH3 is 1. The zero-order valence-electron chi connectivity index (χ0n) is 11.2. The fraction of sp³-hybridized carbons (Fsp3) is 0.250. The molecule has 0 bridgehead atoms. The van der Waals surface area contributed by atoms with Crippen molar-refractivity contribution in [2.75, 3.05) is 7.11 Å². The summed E-state index contributed by atoms with van der Waals surface area (Å²) in [6.07, 6.45) is 0. The summed E-state index contributed by atoms with van der Waals surface area (Å²) in [6, 6.07) is 16.3. The molecule has 1 N–H and O–H groups in total. The maximum atomic E-state index is 5.97. The normalized spacial score (nSPS) is 12.2. The predicted octanol–water partition coefficient (Wildman–Crippen LogP) is 4.20. The summed E-state index contributed by atoms with van der Waals surface area (Å²) in [6.45, 7) is 2.94. The second-order valence-corrected chi connectivity index (χ2v) is 4.94. The minimum Gasteiger partial charge on any atom is -0.497 e. The first-order valence-corrected chi connectivity index (χ1v) is 6.68. The number of hydrogen-bond acceptors (Lipinski definition) is 2. The van der Waals surface area contributed by atoms with E-state index in [0.717, 1.165) is 17.3 Å². The first-order valence-electron chi connectivity index (χ1n) is 6.31. The summed E-state index contributed by atoms with van der Waals surface area (Å²) in [7, 11) is 1.68. The van der Waals surface area contributed by atoms with Crippen LogP contribution in [0.5, 0.6) is 5.75 Å². The van der Waals surface area contributed by atoms with Crippen LogP contribution in [0.25, 0.3) is 0 Å². The van der Waals surface area contributed by atoms with Gasteiger partial charge in [0.1, 0.15) is 5.75 Å². The fourth-order valence-corrected chi connectivity index (χ4v) is 2.14. The number of ether oxygens (including phenoxy) is 1. The maximum absolute atomic E-state index is 5.97. The Morgan fingerprint density at radius 3 is 2.53 bits per heavy atom. The van der Waals surface area contributed by atoms with Crippen LogP contribution in [-0.4, -0.2) is 7.11 Å². The highest BCUT2D eigenvalue weighted by Crippen LogP contribution is 2.18. The highest BCUT2D eigenvalue weighted by atomic mass is 35.5. The van der Waals surface area contributed by atoms with Crippen LogP contribution in [0.2, 0.25) is 5.02 Å². The van der Waals surface area contributed by atoms with Gasteiger partial charge in [-0.05, 0) is 42.3 Å². The van der Waals surface area contributed by atoms with Gasteiger partial charge < -0.3 is 10.1 Å². The lowest BCUT2D eigenvalue weighted by Crippen LogP contribution is -2.17. The third kappa shape index (κ3) is 3.98. The van der Waals surface area contributed by atoms with Crippen LogP contribution < -0.4 is 10.1 Å².